The van der Waals surface area contributed by atoms with Crippen molar-refractivity contribution in [3.63, 3.8) is 0 Å². The van der Waals surface area contributed by atoms with Crippen molar-refractivity contribution in [1.29, 1.82) is 0 Å². The van der Waals surface area contributed by atoms with E-state index < -0.39 is 6.43 Å². The quantitative estimate of drug-likeness (QED) is 0.561. The van der Waals surface area contributed by atoms with Gasteiger partial charge in [-0.3, -0.25) is 9.69 Å². The molecule has 1 aliphatic carbocycles. The fourth-order valence-corrected chi connectivity index (χ4v) is 4.53. The zero-order valence-corrected chi connectivity index (χ0v) is 18.5. The maximum absolute atomic E-state index is 13.9. The average Bonchev–Trinajstić information content (AvgIpc) is 3.60. The highest BCUT2D eigenvalue weighted by Crippen LogP contribution is 2.41. The van der Waals surface area contributed by atoms with Crippen LogP contribution in [0.5, 0.6) is 0 Å². The number of nitrogens with zero attached hydrogens (tertiary/aromatic N) is 5. The van der Waals surface area contributed by atoms with Crippen LogP contribution in [0.15, 0.2) is 30.3 Å². The molecule has 1 aliphatic heterocycles. The minimum Gasteiger partial charge on any atom is -0.339 e. The molecule has 174 valence electrons. The molecule has 0 bridgehead atoms. The van der Waals surface area contributed by atoms with Gasteiger partial charge in [-0.05, 0) is 31.9 Å². The van der Waals surface area contributed by atoms with Gasteiger partial charge < -0.3 is 4.90 Å². The molecule has 33 heavy (non-hydrogen) atoms. The Hall–Kier alpha value is -2.94. The molecule has 1 amide bonds. The zero-order chi connectivity index (χ0) is 23.1. The minimum absolute atomic E-state index is 0.0402. The molecule has 1 aromatic carbocycles. The largest absolute Gasteiger partial charge is 0.339 e. The third-order valence-electron chi connectivity index (χ3n) is 6.52. The van der Waals surface area contributed by atoms with Gasteiger partial charge in [0.15, 0.2) is 5.65 Å². The number of benzene rings is 1. The summed E-state index contributed by atoms with van der Waals surface area (Å²) in [5.74, 6) is -0.130. The van der Waals surface area contributed by atoms with Crippen LogP contribution in [0.4, 0.5) is 13.2 Å². The van der Waals surface area contributed by atoms with Gasteiger partial charge in [-0.2, -0.15) is 5.10 Å². The third kappa shape index (κ3) is 4.46. The van der Waals surface area contributed by atoms with Crippen LogP contribution < -0.4 is 0 Å². The Kier molecular flexibility index (Phi) is 5.82. The number of rotatable bonds is 6. The number of hydrogen-bond donors (Lipinski definition) is 0. The van der Waals surface area contributed by atoms with Crippen molar-refractivity contribution in [1.82, 2.24) is 24.6 Å². The van der Waals surface area contributed by atoms with Crippen LogP contribution in [-0.2, 0) is 17.9 Å². The normalized spacial score (nSPS) is 17.3. The third-order valence-corrected chi connectivity index (χ3v) is 6.52. The topological polar surface area (TPSA) is 54.3 Å². The Morgan fingerprint density at radius 3 is 2.55 bits per heavy atom. The highest BCUT2D eigenvalue weighted by molar-refractivity contribution is 5.85. The molecular weight excluding hydrogens is 431 g/mol. The average molecular weight is 458 g/mol. The van der Waals surface area contributed by atoms with E-state index in [1.807, 2.05) is 6.07 Å². The van der Waals surface area contributed by atoms with Gasteiger partial charge in [-0.25, -0.2) is 22.8 Å². The van der Waals surface area contributed by atoms with Crippen LogP contribution in [0.25, 0.3) is 11.0 Å². The van der Waals surface area contributed by atoms with E-state index >= 15 is 0 Å². The zero-order valence-electron chi connectivity index (χ0n) is 18.5. The van der Waals surface area contributed by atoms with Crippen LogP contribution in [0.3, 0.4) is 0 Å². The van der Waals surface area contributed by atoms with Crippen molar-refractivity contribution < 1.29 is 18.0 Å². The van der Waals surface area contributed by atoms with E-state index in [0.29, 0.717) is 60.7 Å². The molecular formula is C24H26F3N5O. The first-order valence-corrected chi connectivity index (χ1v) is 11.3. The standard InChI is InChI=1S/C24H26F3N5O/c1-15-22-18(23(26)27)12-20(16-6-7-16)28-24(22)32(29-15)14-21(33)31-10-8-30(9-11-31)13-17-4-2-3-5-19(17)25/h2-5,12,16,23H,6-11,13-14H2,1H3. The fourth-order valence-electron chi connectivity index (χ4n) is 4.53. The minimum atomic E-state index is -2.62. The maximum atomic E-state index is 13.9. The molecule has 1 saturated carbocycles. The summed E-state index contributed by atoms with van der Waals surface area (Å²) in [6.45, 7) is 4.46. The van der Waals surface area contributed by atoms with Crippen LogP contribution >= 0.6 is 0 Å². The van der Waals surface area contributed by atoms with Gasteiger partial charge in [0.1, 0.15) is 12.4 Å². The lowest BCUT2D eigenvalue weighted by Gasteiger charge is -2.34. The molecule has 1 saturated heterocycles. The number of amides is 1. The summed E-state index contributed by atoms with van der Waals surface area (Å²) in [6, 6.07) is 8.21. The number of carbonyl (C=O) groups is 1. The molecule has 9 heteroatoms. The van der Waals surface area contributed by atoms with Crippen molar-refractivity contribution in [3.05, 3.63) is 58.7 Å². The van der Waals surface area contributed by atoms with Crippen LogP contribution in [0.2, 0.25) is 0 Å². The van der Waals surface area contributed by atoms with E-state index in [9.17, 15) is 18.0 Å². The number of pyridine rings is 1. The number of alkyl halides is 2. The lowest BCUT2D eigenvalue weighted by atomic mass is 10.1. The molecule has 6 nitrogen and oxygen atoms in total. The molecule has 0 N–H and O–H groups in total. The number of aromatic nitrogens is 3. The number of fused-ring (bicyclic) bond motifs is 1. The second-order valence-electron chi connectivity index (χ2n) is 8.90. The van der Waals surface area contributed by atoms with Gasteiger partial charge in [0, 0.05) is 55.5 Å². The predicted molar refractivity (Wildman–Crippen MR) is 117 cm³/mol. The smallest absolute Gasteiger partial charge is 0.264 e. The first-order valence-electron chi connectivity index (χ1n) is 11.3. The molecule has 0 unspecified atom stereocenters. The molecule has 3 aromatic rings. The molecule has 3 heterocycles. The van der Waals surface area contributed by atoms with Gasteiger partial charge >= 0.3 is 0 Å². The van der Waals surface area contributed by atoms with E-state index in [2.05, 4.69) is 15.0 Å². The molecule has 2 aliphatic rings. The van der Waals surface area contributed by atoms with Gasteiger partial charge in [0.05, 0.1) is 11.1 Å². The predicted octanol–water partition coefficient (Wildman–Crippen LogP) is 4.04. The van der Waals surface area contributed by atoms with Crippen molar-refractivity contribution in [3.8, 4) is 0 Å². The van der Waals surface area contributed by atoms with E-state index in [-0.39, 0.29) is 29.8 Å². The molecule has 0 spiro atoms. The fraction of sp³-hybridized carbons (Fsp3) is 0.458. The summed E-state index contributed by atoms with van der Waals surface area (Å²) in [7, 11) is 0. The van der Waals surface area contributed by atoms with Crippen molar-refractivity contribution in [2.45, 2.75) is 45.2 Å². The van der Waals surface area contributed by atoms with Gasteiger partial charge in [0.2, 0.25) is 5.91 Å². The summed E-state index contributed by atoms with van der Waals surface area (Å²) in [4.78, 5) is 21.5. The Morgan fingerprint density at radius 2 is 1.88 bits per heavy atom. The van der Waals surface area contributed by atoms with E-state index in [4.69, 9.17) is 0 Å². The monoisotopic (exact) mass is 457 g/mol. The Morgan fingerprint density at radius 1 is 1.15 bits per heavy atom. The van der Waals surface area contributed by atoms with Crippen molar-refractivity contribution in [2.75, 3.05) is 26.2 Å². The van der Waals surface area contributed by atoms with Crippen molar-refractivity contribution in [2.24, 2.45) is 0 Å². The Balaban J connectivity index is 1.29. The van der Waals surface area contributed by atoms with Gasteiger partial charge in [-0.1, -0.05) is 18.2 Å². The van der Waals surface area contributed by atoms with Crippen LogP contribution in [0.1, 0.15) is 47.7 Å². The summed E-state index contributed by atoms with van der Waals surface area (Å²) in [5, 5.41) is 4.73. The number of hydrogen-bond acceptors (Lipinski definition) is 4. The number of carbonyl (C=O) groups excluding carboxylic acids is 1. The lowest BCUT2D eigenvalue weighted by molar-refractivity contribution is -0.133. The second-order valence-corrected chi connectivity index (χ2v) is 8.90. The first kappa shape index (κ1) is 21.9. The maximum Gasteiger partial charge on any atom is 0.264 e. The van der Waals surface area contributed by atoms with E-state index in [0.717, 1.165) is 12.8 Å². The van der Waals surface area contributed by atoms with Gasteiger partial charge in [-0.15, -0.1) is 0 Å². The summed E-state index contributed by atoms with van der Waals surface area (Å²) < 4.78 is 42.9. The molecule has 2 fully saturated rings. The summed E-state index contributed by atoms with van der Waals surface area (Å²) in [5.41, 5.74) is 2.06. The highest BCUT2D eigenvalue weighted by Gasteiger charge is 2.30. The highest BCUT2D eigenvalue weighted by atomic mass is 19.3. The number of halogens is 3. The van der Waals surface area contributed by atoms with E-state index in [1.165, 1.54) is 16.8 Å². The number of aryl methyl sites for hydroxylation is 1. The van der Waals surface area contributed by atoms with Crippen LogP contribution in [0, 0.1) is 12.7 Å². The molecule has 5 rings (SSSR count). The van der Waals surface area contributed by atoms with Crippen molar-refractivity contribution >= 4 is 16.9 Å². The summed E-state index contributed by atoms with van der Waals surface area (Å²) >= 11 is 0. The second kappa shape index (κ2) is 8.78. The lowest BCUT2D eigenvalue weighted by Crippen LogP contribution is -2.49. The Labute approximate surface area is 190 Å². The first-order chi connectivity index (χ1) is 15.9. The Bertz CT molecular complexity index is 1180. The summed E-state index contributed by atoms with van der Waals surface area (Å²) in [6.07, 6.45) is -0.725. The molecule has 0 radical (unpaired) electrons. The SMILES string of the molecule is Cc1nn(CC(=O)N2CCN(Cc3ccccc3F)CC2)c2nc(C3CC3)cc(C(F)F)c12. The number of piperazine rings is 1. The van der Waals surface area contributed by atoms with E-state index in [1.54, 1.807) is 24.0 Å². The van der Waals surface area contributed by atoms with Gasteiger partial charge in [0.25, 0.3) is 6.43 Å². The van der Waals surface area contributed by atoms with Crippen LogP contribution in [-0.4, -0.2) is 56.7 Å². The molecule has 2 aromatic heterocycles. The molecule has 0 atom stereocenters.